The second-order valence-electron chi connectivity index (χ2n) is 2.66. The van der Waals surface area contributed by atoms with Crippen LogP contribution in [0.25, 0.3) is 6.08 Å². The molecule has 1 aromatic rings. The van der Waals surface area contributed by atoms with Gasteiger partial charge in [-0.1, -0.05) is 12.1 Å². The zero-order chi connectivity index (χ0) is 10.4. The monoisotopic (exact) mass is 192 g/mol. The molecule has 14 heavy (non-hydrogen) atoms. The summed E-state index contributed by atoms with van der Waals surface area (Å²) < 4.78 is 0. The van der Waals surface area contributed by atoms with Gasteiger partial charge in [0, 0.05) is 6.42 Å². The lowest BCUT2D eigenvalue weighted by Crippen LogP contribution is -2.09. The number of primary amides is 1. The van der Waals surface area contributed by atoms with E-state index in [0.717, 1.165) is 5.69 Å². The van der Waals surface area contributed by atoms with E-state index in [1.165, 1.54) is 0 Å². The number of hydrazine groups is 1. The Balaban J connectivity index is 2.66. The Morgan fingerprint density at radius 1 is 1.57 bits per heavy atom. The summed E-state index contributed by atoms with van der Waals surface area (Å²) in [7, 11) is 0. The van der Waals surface area contributed by atoms with Gasteiger partial charge in [0.25, 0.3) is 0 Å². The van der Waals surface area contributed by atoms with Gasteiger partial charge < -0.3 is 11.2 Å². The lowest BCUT2D eigenvalue weighted by molar-refractivity contribution is -0.117. The van der Waals surface area contributed by atoms with E-state index >= 15 is 0 Å². The number of nitrogens with one attached hydrogen (secondary N) is 1. The van der Waals surface area contributed by atoms with Crippen molar-refractivity contribution in [1.29, 1.82) is 0 Å². The van der Waals surface area contributed by atoms with Gasteiger partial charge in [-0.15, -0.1) is 0 Å². The van der Waals surface area contributed by atoms with E-state index in [-0.39, 0.29) is 12.3 Å². The van der Waals surface area contributed by atoms with Crippen molar-refractivity contribution in [3.63, 3.8) is 0 Å². The third-order valence-corrected chi connectivity index (χ3v) is 1.53. The third kappa shape index (κ3) is 3.24. The fraction of sp³-hybridized carbons (Fsp3) is 0.111. The summed E-state index contributed by atoms with van der Waals surface area (Å²) in [5.74, 6) is 5.39. The molecular weight excluding hydrogens is 180 g/mol. The Kier molecular flexibility index (Phi) is 3.63. The van der Waals surface area contributed by atoms with Crippen LogP contribution in [-0.2, 0) is 4.79 Å². The summed E-state index contributed by atoms with van der Waals surface area (Å²) in [6.07, 6.45) is 3.58. The number of hydrogen-bond acceptors (Lipinski definition) is 4. The summed E-state index contributed by atoms with van der Waals surface area (Å²) in [4.78, 5) is 14.5. The summed E-state index contributed by atoms with van der Waals surface area (Å²) >= 11 is 0. The average molecular weight is 192 g/mol. The zero-order valence-corrected chi connectivity index (χ0v) is 7.60. The highest BCUT2D eigenvalue weighted by atomic mass is 16.1. The average Bonchev–Trinajstić information content (AvgIpc) is 2.18. The number of carbonyl (C=O) groups excluding carboxylic acids is 1. The topological polar surface area (TPSA) is 94.0 Å². The van der Waals surface area contributed by atoms with E-state index in [2.05, 4.69) is 10.4 Å². The highest BCUT2D eigenvalue weighted by Crippen LogP contribution is 2.04. The number of nitrogens with two attached hydrogens (primary N) is 2. The van der Waals surface area contributed by atoms with E-state index in [1.807, 2.05) is 6.07 Å². The molecular formula is C9H12N4O. The van der Waals surface area contributed by atoms with Crippen LogP contribution in [0.15, 0.2) is 24.3 Å². The molecule has 5 nitrogen and oxygen atoms in total. The van der Waals surface area contributed by atoms with Crippen LogP contribution in [0.1, 0.15) is 12.1 Å². The first-order valence-electron chi connectivity index (χ1n) is 4.11. The first-order chi connectivity index (χ1) is 6.72. The molecule has 0 saturated carbocycles. The minimum absolute atomic E-state index is 0.210. The molecule has 0 saturated heterocycles. The summed E-state index contributed by atoms with van der Waals surface area (Å²) in [5, 5.41) is 0. The molecule has 1 rings (SSSR count). The molecule has 0 atom stereocenters. The van der Waals surface area contributed by atoms with Gasteiger partial charge in [-0.05, 0) is 18.2 Å². The number of anilines is 1. The molecule has 1 heterocycles. The van der Waals surface area contributed by atoms with Gasteiger partial charge in [-0.3, -0.25) is 4.79 Å². The quantitative estimate of drug-likeness (QED) is 0.471. The largest absolute Gasteiger partial charge is 0.369 e. The molecule has 0 spiro atoms. The molecule has 1 amide bonds. The minimum atomic E-state index is -0.366. The van der Waals surface area contributed by atoms with Crippen LogP contribution in [0, 0.1) is 0 Å². The molecule has 5 N–H and O–H groups in total. The van der Waals surface area contributed by atoms with E-state index in [4.69, 9.17) is 11.6 Å². The summed E-state index contributed by atoms with van der Waals surface area (Å²) in [6.45, 7) is 0. The van der Waals surface area contributed by atoms with E-state index in [1.54, 1.807) is 24.3 Å². The maximum Gasteiger partial charge on any atom is 0.221 e. The van der Waals surface area contributed by atoms with Crippen molar-refractivity contribution >= 4 is 17.8 Å². The van der Waals surface area contributed by atoms with Crippen LogP contribution in [0.5, 0.6) is 0 Å². The van der Waals surface area contributed by atoms with Crippen molar-refractivity contribution in [2.75, 3.05) is 5.43 Å². The van der Waals surface area contributed by atoms with Gasteiger partial charge >= 0.3 is 0 Å². The molecule has 0 radical (unpaired) electrons. The van der Waals surface area contributed by atoms with Crippen LogP contribution in [0.4, 0.5) is 5.82 Å². The molecule has 5 heteroatoms. The van der Waals surface area contributed by atoms with Crippen molar-refractivity contribution in [2.45, 2.75) is 6.42 Å². The van der Waals surface area contributed by atoms with Crippen molar-refractivity contribution in [2.24, 2.45) is 11.6 Å². The lowest BCUT2D eigenvalue weighted by Gasteiger charge is -1.98. The highest BCUT2D eigenvalue weighted by Gasteiger charge is 1.92. The minimum Gasteiger partial charge on any atom is -0.369 e. The number of pyridine rings is 1. The van der Waals surface area contributed by atoms with Gasteiger partial charge in [-0.25, -0.2) is 10.8 Å². The second-order valence-corrected chi connectivity index (χ2v) is 2.66. The Labute approximate surface area is 81.8 Å². The maximum absolute atomic E-state index is 10.4. The van der Waals surface area contributed by atoms with Crippen LogP contribution in [0.2, 0.25) is 0 Å². The number of nitrogen functional groups attached to an aromatic ring is 1. The molecule has 0 unspecified atom stereocenters. The third-order valence-electron chi connectivity index (χ3n) is 1.53. The maximum atomic E-state index is 10.4. The Morgan fingerprint density at radius 3 is 3.00 bits per heavy atom. The highest BCUT2D eigenvalue weighted by molar-refractivity contribution is 5.76. The SMILES string of the molecule is NNc1cccc(C=CCC(N)=O)n1. The molecule has 1 aromatic heterocycles. The van der Waals surface area contributed by atoms with Gasteiger partial charge in [0.1, 0.15) is 5.82 Å². The van der Waals surface area contributed by atoms with Crippen LogP contribution in [-0.4, -0.2) is 10.9 Å². The first-order valence-corrected chi connectivity index (χ1v) is 4.11. The van der Waals surface area contributed by atoms with Gasteiger partial charge in [0.15, 0.2) is 0 Å². The van der Waals surface area contributed by atoms with Crippen molar-refractivity contribution in [3.05, 3.63) is 30.0 Å². The molecule has 0 aliphatic rings. The number of aromatic nitrogens is 1. The predicted molar refractivity (Wildman–Crippen MR) is 54.9 cm³/mol. The summed E-state index contributed by atoms with van der Waals surface area (Å²) in [5.41, 5.74) is 8.12. The fourth-order valence-corrected chi connectivity index (χ4v) is 0.921. The Hall–Kier alpha value is -1.88. The number of amides is 1. The van der Waals surface area contributed by atoms with Gasteiger partial charge in [0.2, 0.25) is 5.91 Å². The molecule has 0 fully saturated rings. The number of carbonyl (C=O) groups is 1. The van der Waals surface area contributed by atoms with Crippen molar-refractivity contribution < 1.29 is 4.79 Å². The first kappa shape index (κ1) is 10.2. The molecule has 0 aliphatic heterocycles. The summed E-state index contributed by atoms with van der Waals surface area (Å²) in [6, 6.07) is 5.36. The smallest absolute Gasteiger partial charge is 0.221 e. The van der Waals surface area contributed by atoms with Gasteiger partial charge in [-0.2, -0.15) is 0 Å². The molecule has 0 aliphatic carbocycles. The second kappa shape index (κ2) is 4.98. The van der Waals surface area contributed by atoms with Crippen LogP contribution in [0.3, 0.4) is 0 Å². The van der Waals surface area contributed by atoms with E-state index in [9.17, 15) is 4.79 Å². The number of rotatable bonds is 4. The van der Waals surface area contributed by atoms with E-state index in [0.29, 0.717) is 5.82 Å². The number of nitrogens with zero attached hydrogens (tertiary/aromatic N) is 1. The molecule has 0 bridgehead atoms. The Morgan fingerprint density at radius 2 is 2.36 bits per heavy atom. The van der Waals surface area contributed by atoms with Crippen LogP contribution < -0.4 is 17.0 Å². The normalized spacial score (nSPS) is 10.4. The Bertz CT molecular complexity index is 348. The lowest BCUT2D eigenvalue weighted by atomic mass is 10.3. The molecule has 74 valence electrons. The van der Waals surface area contributed by atoms with E-state index < -0.39 is 0 Å². The predicted octanol–water partition coefficient (Wildman–Crippen LogP) is 0.256. The van der Waals surface area contributed by atoms with Crippen molar-refractivity contribution in [1.82, 2.24) is 4.98 Å². The zero-order valence-electron chi connectivity index (χ0n) is 7.60. The van der Waals surface area contributed by atoms with Gasteiger partial charge in [0.05, 0.1) is 5.69 Å². The molecule has 0 aromatic carbocycles. The van der Waals surface area contributed by atoms with Crippen molar-refractivity contribution in [3.8, 4) is 0 Å². The van der Waals surface area contributed by atoms with Crippen LogP contribution >= 0.6 is 0 Å². The standard InChI is InChI=1S/C9H12N4O/c10-8(14)5-1-3-7-4-2-6-9(12-7)13-11/h1-4,6H,5,11H2,(H2,10,14)(H,12,13). The number of hydrogen-bond donors (Lipinski definition) is 3. The fourth-order valence-electron chi connectivity index (χ4n) is 0.921.